The second-order valence-electron chi connectivity index (χ2n) is 4.47. The number of rotatable bonds is 6. The molecule has 0 aromatic rings. The topological polar surface area (TPSA) is 44.8 Å². The molecule has 0 radical (unpaired) electrons. The maximum Gasteiger partial charge on any atom is 0.330 e. The van der Waals surface area contributed by atoms with Gasteiger partial charge in [-0.1, -0.05) is 19.9 Å². The first kappa shape index (κ1) is 14.9. The fourth-order valence-electron chi connectivity index (χ4n) is 1.96. The van der Waals surface area contributed by atoms with Crippen molar-refractivity contribution >= 4 is 5.97 Å². The summed E-state index contributed by atoms with van der Waals surface area (Å²) in [6.07, 6.45) is 7.07. The van der Waals surface area contributed by atoms with E-state index in [1.807, 2.05) is 13.8 Å². The van der Waals surface area contributed by atoms with E-state index in [1.54, 1.807) is 19.1 Å². The van der Waals surface area contributed by atoms with Crippen molar-refractivity contribution in [3.05, 3.63) is 24.8 Å². The average Bonchev–Trinajstić information content (AvgIpc) is 2.78. The molecule has 1 rings (SSSR count). The number of esters is 1. The van der Waals surface area contributed by atoms with Crippen molar-refractivity contribution in [1.82, 2.24) is 0 Å². The molecule has 1 heterocycles. The standard InChI is InChI=1S/C14H22O4/c1-5-13(6-2)11-14(7-3,18-17-13)10-9-12(15)16-8-4/h5,9-10H,1,6-8,11H2,2-4H3/b10-9+/t13-,14+/m1/s1. The molecule has 0 unspecified atom stereocenters. The molecule has 0 aromatic carbocycles. The lowest BCUT2D eigenvalue weighted by Gasteiger charge is -2.21. The molecule has 1 saturated heterocycles. The smallest absolute Gasteiger partial charge is 0.330 e. The lowest BCUT2D eigenvalue weighted by Crippen LogP contribution is -2.29. The van der Waals surface area contributed by atoms with Crippen LogP contribution in [0.3, 0.4) is 0 Å². The van der Waals surface area contributed by atoms with Crippen LogP contribution in [0.15, 0.2) is 24.8 Å². The molecule has 1 fully saturated rings. The van der Waals surface area contributed by atoms with Crippen LogP contribution in [-0.4, -0.2) is 23.8 Å². The van der Waals surface area contributed by atoms with Crippen LogP contribution in [0.25, 0.3) is 0 Å². The van der Waals surface area contributed by atoms with Crippen molar-refractivity contribution in [2.75, 3.05) is 6.61 Å². The molecular weight excluding hydrogens is 232 g/mol. The minimum atomic E-state index is -0.572. The summed E-state index contributed by atoms with van der Waals surface area (Å²) in [5.41, 5.74) is -1.04. The lowest BCUT2D eigenvalue weighted by molar-refractivity contribution is -0.332. The Morgan fingerprint density at radius 3 is 2.33 bits per heavy atom. The van der Waals surface area contributed by atoms with Gasteiger partial charge in [-0.2, -0.15) is 0 Å². The largest absolute Gasteiger partial charge is 0.463 e. The van der Waals surface area contributed by atoms with Crippen LogP contribution in [0.2, 0.25) is 0 Å². The first-order valence-electron chi connectivity index (χ1n) is 6.41. The monoisotopic (exact) mass is 254 g/mol. The Bertz CT molecular complexity index is 337. The lowest BCUT2D eigenvalue weighted by atomic mass is 9.84. The van der Waals surface area contributed by atoms with E-state index in [0.717, 1.165) is 12.8 Å². The van der Waals surface area contributed by atoms with Crippen LogP contribution in [0.1, 0.15) is 40.0 Å². The van der Waals surface area contributed by atoms with Gasteiger partial charge in [-0.15, -0.1) is 6.58 Å². The van der Waals surface area contributed by atoms with Gasteiger partial charge in [0.2, 0.25) is 0 Å². The Morgan fingerprint density at radius 2 is 1.89 bits per heavy atom. The second-order valence-corrected chi connectivity index (χ2v) is 4.47. The van der Waals surface area contributed by atoms with Crippen LogP contribution >= 0.6 is 0 Å². The van der Waals surface area contributed by atoms with Gasteiger partial charge in [0.15, 0.2) is 0 Å². The van der Waals surface area contributed by atoms with Crippen LogP contribution in [0.5, 0.6) is 0 Å². The summed E-state index contributed by atoms with van der Waals surface area (Å²) in [5, 5.41) is 0. The molecule has 0 bridgehead atoms. The zero-order chi connectivity index (χ0) is 13.6. The Hall–Kier alpha value is -1.13. The predicted molar refractivity (Wildman–Crippen MR) is 68.8 cm³/mol. The van der Waals surface area contributed by atoms with Crippen LogP contribution in [-0.2, 0) is 19.3 Å². The summed E-state index contributed by atoms with van der Waals surface area (Å²) < 4.78 is 4.85. The summed E-state index contributed by atoms with van der Waals surface area (Å²) >= 11 is 0. The van der Waals surface area contributed by atoms with E-state index < -0.39 is 11.2 Å². The van der Waals surface area contributed by atoms with Crippen LogP contribution < -0.4 is 0 Å². The summed E-state index contributed by atoms with van der Waals surface area (Å²) in [6.45, 7) is 9.94. The molecule has 0 spiro atoms. The third kappa shape index (κ3) is 3.21. The van der Waals surface area contributed by atoms with Gasteiger partial charge in [0.25, 0.3) is 0 Å². The SMILES string of the molecule is C=C[C@@]1(CC)C[C@@](/C=C/C(=O)OCC)(CC)OO1. The van der Waals surface area contributed by atoms with E-state index in [2.05, 4.69) is 6.58 Å². The Kier molecular flexibility index (Phi) is 5.11. The van der Waals surface area contributed by atoms with E-state index >= 15 is 0 Å². The van der Waals surface area contributed by atoms with Gasteiger partial charge < -0.3 is 4.74 Å². The highest BCUT2D eigenvalue weighted by Gasteiger charge is 2.47. The van der Waals surface area contributed by atoms with Gasteiger partial charge in [-0.05, 0) is 25.8 Å². The Morgan fingerprint density at radius 1 is 1.28 bits per heavy atom. The molecule has 1 aliphatic rings. The van der Waals surface area contributed by atoms with E-state index in [4.69, 9.17) is 14.5 Å². The van der Waals surface area contributed by atoms with Gasteiger partial charge in [-0.25, -0.2) is 14.6 Å². The van der Waals surface area contributed by atoms with Crippen molar-refractivity contribution in [1.29, 1.82) is 0 Å². The van der Waals surface area contributed by atoms with Crippen molar-refractivity contribution in [2.24, 2.45) is 0 Å². The summed E-state index contributed by atoms with van der Waals surface area (Å²) in [5.74, 6) is -0.360. The third-order valence-electron chi connectivity index (χ3n) is 3.35. The highest BCUT2D eigenvalue weighted by molar-refractivity contribution is 5.82. The minimum Gasteiger partial charge on any atom is -0.463 e. The molecule has 18 heavy (non-hydrogen) atoms. The normalized spacial score (nSPS) is 31.7. The number of hydrogen-bond donors (Lipinski definition) is 0. The minimum absolute atomic E-state index is 0.360. The molecule has 2 atom stereocenters. The summed E-state index contributed by atoms with van der Waals surface area (Å²) in [4.78, 5) is 22.2. The number of ether oxygens (including phenoxy) is 1. The van der Waals surface area contributed by atoms with Crippen molar-refractivity contribution in [2.45, 2.75) is 51.2 Å². The van der Waals surface area contributed by atoms with E-state index in [9.17, 15) is 4.79 Å². The predicted octanol–water partition coefficient (Wildman–Crippen LogP) is 2.94. The molecule has 0 amide bonds. The zero-order valence-electron chi connectivity index (χ0n) is 11.4. The van der Waals surface area contributed by atoms with Gasteiger partial charge in [-0.3, -0.25) is 0 Å². The molecule has 102 valence electrons. The summed E-state index contributed by atoms with van der Waals surface area (Å²) in [7, 11) is 0. The molecule has 1 aliphatic heterocycles. The first-order valence-corrected chi connectivity index (χ1v) is 6.41. The average molecular weight is 254 g/mol. The Labute approximate surface area is 109 Å². The third-order valence-corrected chi connectivity index (χ3v) is 3.35. The summed E-state index contributed by atoms with van der Waals surface area (Å²) in [6, 6.07) is 0. The fraction of sp³-hybridized carbons (Fsp3) is 0.643. The van der Waals surface area contributed by atoms with Crippen LogP contribution in [0, 0.1) is 0 Å². The van der Waals surface area contributed by atoms with E-state index in [-0.39, 0.29) is 5.97 Å². The molecule has 4 heteroatoms. The van der Waals surface area contributed by atoms with Gasteiger partial charge in [0, 0.05) is 12.5 Å². The molecule has 0 aromatic heterocycles. The highest BCUT2D eigenvalue weighted by atomic mass is 17.2. The number of carbonyl (C=O) groups is 1. The molecule has 0 aliphatic carbocycles. The van der Waals surface area contributed by atoms with Crippen molar-refractivity contribution in [3.63, 3.8) is 0 Å². The van der Waals surface area contributed by atoms with Gasteiger partial charge in [0.05, 0.1) is 6.61 Å². The molecule has 0 N–H and O–H groups in total. The van der Waals surface area contributed by atoms with Gasteiger partial charge >= 0.3 is 5.97 Å². The quantitative estimate of drug-likeness (QED) is 0.316. The van der Waals surface area contributed by atoms with Crippen molar-refractivity contribution < 1.29 is 19.3 Å². The molecular formula is C14H22O4. The second kappa shape index (κ2) is 6.16. The zero-order valence-corrected chi connectivity index (χ0v) is 11.4. The fourth-order valence-corrected chi connectivity index (χ4v) is 1.96. The van der Waals surface area contributed by atoms with Crippen molar-refractivity contribution in [3.8, 4) is 0 Å². The number of carbonyl (C=O) groups excluding carboxylic acids is 1. The highest BCUT2D eigenvalue weighted by Crippen LogP contribution is 2.41. The maximum absolute atomic E-state index is 11.3. The number of hydrogen-bond acceptors (Lipinski definition) is 4. The van der Waals surface area contributed by atoms with E-state index in [0.29, 0.717) is 13.0 Å². The van der Waals surface area contributed by atoms with Crippen LogP contribution in [0.4, 0.5) is 0 Å². The Balaban J connectivity index is 2.77. The maximum atomic E-state index is 11.3. The molecule has 0 saturated carbocycles. The molecule has 4 nitrogen and oxygen atoms in total. The first-order chi connectivity index (χ1) is 8.55. The van der Waals surface area contributed by atoms with Gasteiger partial charge in [0.1, 0.15) is 11.2 Å². The van der Waals surface area contributed by atoms with E-state index in [1.165, 1.54) is 6.08 Å².